The van der Waals surface area contributed by atoms with E-state index in [2.05, 4.69) is 15.5 Å². The number of hydrogen-bond acceptors (Lipinski definition) is 7. The molecular weight excluding hydrogens is 462 g/mol. The molecule has 0 aliphatic heterocycles. The Labute approximate surface area is 207 Å². The van der Waals surface area contributed by atoms with Crippen molar-refractivity contribution in [2.24, 2.45) is 0 Å². The second kappa shape index (κ2) is 10.7. The number of amides is 1. The number of aryl methyl sites for hydroxylation is 2. The summed E-state index contributed by atoms with van der Waals surface area (Å²) in [5.74, 6) is 0.869. The van der Waals surface area contributed by atoms with Crippen molar-refractivity contribution in [3.05, 3.63) is 88.2 Å². The highest BCUT2D eigenvalue weighted by molar-refractivity contribution is 7.15. The quantitative estimate of drug-likeness (QED) is 0.276. The molecule has 0 saturated carbocycles. The van der Waals surface area contributed by atoms with Crippen LogP contribution >= 0.6 is 11.3 Å². The Hall–Kier alpha value is -4.42. The number of carbonyl (C=O) groups is 1. The lowest BCUT2D eigenvalue weighted by molar-refractivity contribution is -0.112. The summed E-state index contributed by atoms with van der Waals surface area (Å²) >= 11 is 1.19. The molecule has 0 spiro atoms. The summed E-state index contributed by atoms with van der Waals surface area (Å²) in [5.41, 5.74) is 3.47. The van der Waals surface area contributed by atoms with Gasteiger partial charge in [-0.15, -0.1) is 10.2 Å². The van der Waals surface area contributed by atoms with E-state index in [9.17, 15) is 10.1 Å². The fourth-order valence-electron chi connectivity index (χ4n) is 3.40. The first kappa shape index (κ1) is 23.7. The van der Waals surface area contributed by atoms with E-state index in [-0.39, 0.29) is 17.3 Å². The molecular formula is C26H23N5O3S. The van der Waals surface area contributed by atoms with Crippen molar-refractivity contribution in [3.63, 3.8) is 0 Å². The molecule has 9 heteroatoms. The van der Waals surface area contributed by atoms with Crippen LogP contribution in [0.5, 0.6) is 11.5 Å². The maximum absolute atomic E-state index is 12.8. The van der Waals surface area contributed by atoms with Gasteiger partial charge in [-0.05, 0) is 61.4 Å². The van der Waals surface area contributed by atoms with Gasteiger partial charge in [0.05, 0.1) is 12.8 Å². The fourth-order valence-corrected chi connectivity index (χ4v) is 4.05. The van der Waals surface area contributed by atoms with Gasteiger partial charge in [-0.25, -0.2) is 0 Å². The molecule has 8 nitrogen and oxygen atoms in total. The van der Waals surface area contributed by atoms with E-state index in [1.165, 1.54) is 17.4 Å². The number of nitriles is 1. The predicted octanol–water partition coefficient (Wildman–Crippen LogP) is 5.08. The zero-order chi connectivity index (χ0) is 24.8. The standard InChI is InChI=1S/C26H23N5O3S/c1-17-10-11-23(33-3)21(13-17)31-12-6-8-20(31)14-19(15-27)25(32)28-26-30-29-24(35-26)16-34-22-9-5-4-7-18(22)2/h4-14H,16H2,1-3H3,(H,28,30,32)/b19-14-. The third kappa shape index (κ3) is 5.57. The van der Waals surface area contributed by atoms with Crippen molar-refractivity contribution in [2.75, 3.05) is 12.4 Å². The van der Waals surface area contributed by atoms with E-state index in [4.69, 9.17) is 9.47 Å². The Balaban J connectivity index is 1.49. The molecule has 0 saturated heterocycles. The van der Waals surface area contributed by atoms with Crippen LogP contribution in [0.1, 0.15) is 21.8 Å². The van der Waals surface area contributed by atoms with E-state index >= 15 is 0 Å². The Morgan fingerprint density at radius 1 is 1.14 bits per heavy atom. The van der Waals surface area contributed by atoms with Gasteiger partial charge >= 0.3 is 0 Å². The van der Waals surface area contributed by atoms with Crippen molar-refractivity contribution in [1.82, 2.24) is 14.8 Å². The van der Waals surface area contributed by atoms with Crippen molar-refractivity contribution >= 4 is 28.5 Å². The zero-order valence-corrected chi connectivity index (χ0v) is 20.3. The minimum atomic E-state index is -0.570. The number of para-hydroxylation sites is 1. The lowest BCUT2D eigenvalue weighted by atomic mass is 10.2. The molecule has 0 unspecified atom stereocenters. The molecule has 0 aliphatic rings. The van der Waals surface area contributed by atoms with Gasteiger partial charge in [0.15, 0.2) is 5.01 Å². The van der Waals surface area contributed by atoms with Crippen LogP contribution in [0.4, 0.5) is 5.13 Å². The largest absolute Gasteiger partial charge is 0.495 e. The molecule has 1 N–H and O–H groups in total. The molecule has 0 radical (unpaired) electrons. The van der Waals surface area contributed by atoms with E-state index in [1.54, 1.807) is 7.11 Å². The first-order valence-electron chi connectivity index (χ1n) is 10.7. The average Bonchev–Trinajstić information content (AvgIpc) is 3.51. The predicted molar refractivity (Wildman–Crippen MR) is 135 cm³/mol. The molecule has 0 atom stereocenters. The molecule has 4 rings (SSSR count). The summed E-state index contributed by atoms with van der Waals surface area (Å²) in [5, 5.41) is 21.3. The number of nitrogens with one attached hydrogen (secondary N) is 1. The molecule has 0 fully saturated rings. The van der Waals surface area contributed by atoms with E-state index in [0.717, 1.165) is 22.6 Å². The van der Waals surface area contributed by atoms with Gasteiger partial charge in [-0.2, -0.15) is 5.26 Å². The zero-order valence-electron chi connectivity index (χ0n) is 19.5. The minimum absolute atomic E-state index is 0.0653. The first-order chi connectivity index (χ1) is 17.0. The molecule has 176 valence electrons. The third-order valence-electron chi connectivity index (χ3n) is 5.16. The van der Waals surface area contributed by atoms with Gasteiger partial charge in [0.25, 0.3) is 5.91 Å². The fraction of sp³-hybridized carbons (Fsp3) is 0.154. The molecule has 0 bridgehead atoms. The van der Waals surface area contributed by atoms with Crippen molar-refractivity contribution in [3.8, 4) is 23.3 Å². The van der Waals surface area contributed by atoms with Crippen LogP contribution in [0, 0.1) is 25.2 Å². The van der Waals surface area contributed by atoms with Crippen molar-refractivity contribution in [2.45, 2.75) is 20.5 Å². The second-order valence-corrected chi connectivity index (χ2v) is 8.72. The van der Waals surface area contributed by atoms with Crippen molar-refractivity contribution in [1.29, 1.82) is 5.26 Å². The van der Waals surface area contributed by atoms with Crippen molar-refractivity contribution < 1.29 is 14.3 Å². The Morgan fingerprint density at radius 2 is 1.97 bits per heavy atom. The normalized spacial score (nSPS) is 11.1. The topological polar surface area (TPSA) is 102 Å². The molecule has 2 heterocycles. The third-order valence-corrected chi connectivity index (χ3v) is 5.98. The van der Waals surface area contributed by atoms with Gasteiger partial charge in [0.2, 0.25) is 5.13 Å². The first-order valence-corrected chi connectivity index (χ1v) is 11.6. The van der Waals surface area contributed by atoms with Crippen LogP contribution in [0.2, 0.25) is 0 Å². The van der Waals surface area contributed by atoms with E-state index in [0.29, 0.717) is 16.5 Å². The van der Waals surface area contributed by atoms with Gasteiger partial charge in [-0.1, -0.05) is 35.6 Å². The van der Waals surface area contributed by atoms with Crippen LogP contribution in [0.15, 0.2) is 66.4 Å². The maximum atomic E-state index is 12.8. The minimum Gasteiger partial charge on any atom is -0.495 e. The number of ether oxygens (including phenoxy) is 2. The summed E-state index contributed by atoms with van der Waals surface area (Å²) in [6, 6.07) is 19.1. The summed E-state index contributed by atoms with van der Waals surface area (Å²) in [6.45, 7) is 4.17. The van der Waals surface area contributed by atoms with Crippen LogP contribution in [-0.2, 0) is 11.4 Å². The summed E-state index contributed by atoms with van der Waals surface area (Å²) in [7, 11) is 1.60. The Kier molecular flexibility index (Phi) is 7.24. The Bertz CT molecular complexity index is 1430. The molecule has 2 aromatic carbocycles. The molecule has 0 aliphatic carbocycles. The molecule has 1 amide bonds. The molecule has 2 aromatic heterocycles. The molecule has 35 heavy (non-hydrogen) atoms. The number of benzene rings is 2. The monoisotopic (exact) mass is 485 g/mol. The second-order valence-electron chi connectivity index (χ2n) is 7.66. The van der Waals surface area contributed by atoms with Crippen LogP contribution in [0.25, 0.3) is 11.8 Å². The maximum Gasteiger partial charge on any atom is 0.268 e. The summed E-state index contributed by atoms with van der Waals surface area (Å²) in [4.78, 5) is 12.8. The number of methoxy groups -OCH3 is 1. The van der Waals surface area contributed by atoms with Gasteiger partial charge < -0.3 is 14.0 Å². The van der Waals surface area contributed by atoms with Crippen LogP contribution in [0.3, 0.4) is 0 Å². The van der Waals surface area contributed by atoms with Gasteiger partial charge in [0.1, 0.15) is 29.7 Å². The lowest BCUT2D eigenvalue weighted by Crippen LogP contribution is -2.13. The average molecular weight is 486 g/mol. The number of aromatic nitrogens is 3. The number of anilines is 1. The van der Waals surface area contributed by atoms with E-state index in [1.807, 2.05) is 85.3 Å². The highest BCUT2D eigenvalue weighted by Crippen LogP contribution is 2.27. The smallest absolute Gasteiger partial charge is 0.268 e. The van der Waals surface area contributed by atoms with Gasteiger partial charge in [0, 0.05) is 11.9 Å². The Morgan fingerprint density at radius 3 is 2.74 bits per heavy atom. The number of hydrogen-bond donors (Lipinski definition) is 1. The molecule has 4 aromatic rings. The number of carbonyl (C=O) groups excluding carboxylic acids is 1. The lowest BCUT2D eigenvalue weighted by Gasteiger charge is -2.13. The van der Waals surface area contributed by atoms with E-state index < -0.39 is 5.91 Å². The van der Waals surface area contributed by atoms with Gasteiger partial charge in [-0.3, -0.25) is 10.1 Å². The highest BCUT2D eigenvalue weighted by atomic mass is 32.1. The number of rotatable bonds is 8. The summed E-state index contributed by atoms with van der Waals surface area (Å²) < 4.78 is 13.1. The highest BCUT2D eigenvalue weighted by Gasteiger charge is 2.15. The number of nitrogens with zero attached hydrogens (tertiary/aromatic N) is 4. The van der Waals surface area contributed by atoms with Crippen LogP contribution < -0.4 is 14.8 Å². The summed E-state index contributed by atoms with van der Waals surface area (Å²) in [6.07, 6.45) is 3.38. The SMILES string of the molecule is COc1ccc(C)cc1-n1cccc1/C=C(/C#N)C(=O)Nc1nnc(COc2ccccc2C)s1. The van der Waals surface area contributed by atoms with Crippen LogP contribution in [-0.4, -0.2) is 27.8 Å².